The van der Waals surface area contributed by atoms with E-state index in [2.05, 4.69) is 22.9 Å². The number of likely N-dealkylation sites (tertiary alicyclic amines) is 1. The Morgan fingerprint density at radius 1 is 1.09 bits per heavy atom. The minimum absolute atomic E-state index is 0.201. The summed E-state index contributed by atoms with van der Waals surface area (Å²) in [4.78, 5) is 67.6. The number of nitrogens with zero attached hydrogens (tertiary/aromatic N) is 2. The zero-order valence-corrected chi connectivity index (χ0v) is 26.7. The van der Waals surface area contributed by atoms with E-state index in [-0.39, 0.29) is 24.2 Å². The van der Waals surface area contributed by atoms with E-state index in [4.69, 9.17) is 0 Å². The van der Waals surface area contributed by atoms with Crippen LogP contribution in [0.15, 0.2) is 36.4 Å². The van der Waals surface area contributed by atoms with Gasteiger partial charge in [0.2, 0.25) is 11.8 Å². The summed E-state index contributed by atoms with van der Waals surface area (Å²) in [6, 6.07) is 4.83. The number of anilines is 1. The van der Waals surface area contributed by atoms with Crippen LogP contribution < -0.4 is 20.9 Å². The van der Waals surface area contributed by atoms with Crippen molar-refractivity contribution in [2.45, 2.75) is 89.8 Å². The number of benzene rings is 1. The lowest BCUT2D eigenvalue weighted by atomic mass is 9.95. The highest BCUT2D eigenvalue weighted by Crippen LogP contribution is 2.45. The third-order valence-electron chi connectivity index (χ3n) is 8.52. The van der Waals surface area contributed by atoms with Crippen LogP contribution in [0.2, 0.25) is 0 Å². The fourth-order valence-electron chi connectivity index (χ4n) is 5.64. The molecule has 0 radical (unpaired) electrons. The molecule has 1 saturated heterocycles. The van der Waals surface area contributed by atoms with Crippen molar-refractivity contribution < 1.29 is 29.1 Å². The summed E-state index contributed by atoms with van der Waals surface area (Å²) in [5.41, 5.74) is 0.0643. The summed E-state index contributed by atoms with van der Waals surface area (Å²) in [7, 11) is 3.81. The zero-order chi connectivity index (χ0) is 32.4. The molecule has 1 unspecified atom stereocenters. The number of rotatable bonds is 16. The molecule has 1 aromatic carbocycles. The standard InChI is InChI=1S/C33H49N5O6/c1-6-7-8-9-10-11-13-24-20-33(24,31(42)43)36-30(41)26-14-12-19-38(26)27(39)21-34-32(44)35-28(22(2)3)29(40)23-15-17-25(18-16-23)37(4)5/h11,13,15-18,22,24,26,28H,6-10,12,14,19-21H2,1-5H3,(H,36,41)(H,42,43)(H2,34,35,44)/b13-11-/t24?,26-,28-,33+/m0/s1. The number of allylic oxidation sites excluding steroid dienone is 1. The van der Waals surface area contributed by atoms with Crippen LogP contribution in [0, 0.1) is 11.8 Å². The van der Waals surface area contributed by atoms with Gasteiger partial charge in [-0.15, -0.1) is 0 Å². The second kappa shape index (κ2) is 15.7. The number of nitrogens with one attached hydrogen (secondary N) is 3. The smallest absolute Gasteiger partial charge is 0.330 e. The minimum Gasteiger partial charge on any atom is -0.479 e. The Morgan fingerprint density at radius 2 is 1.80 bits per heavy atom. The number of aliphatic carboxylic acids is 1. The average molecular weight is 612 g/mol. The SMILES string of the molecule is CCCCCC/C=C\C1C[C@]1(NC(=O)[C@@H]1CCCN1C(=O)CNC(=O)N[C@H](C(=O)c1ccc(N(C)C)cc1)C(C)C)C(=O)O. The number of hydrogen-bond acceptors (Lipinski definition) is 6. The number of unbranched alkanes of at least 4 members (excludes halogenated alkanes) is 4. The summed E-state index contributed by atoms with van der Waals surface area (Å²) in [5, 5.41) is 17.8. The predicted octanol–water partition coefficient (Wildman–Crippen LogP) is 3.74. The maximum atomic E-state index is 13.2. The van der Waals surface area contributed by atoms with E-state index in [0.29, 0.717) is 31.4 Å². The van der Waals surface area contributed by atoms with Crippen LogP contribution in [0.3, 0.4) is 0 Å². The number of amides is 4. The molecule has 4 amide bonds. The van der Waals surface area contributed by atoms with Gasteiger partial charge in [-0.1, -0.05) is 52.2 Å². The van der Waals surface area contributed by atoms with Gasteiger partial charge in [-0.05, 0) is 62.3 Å². The van der Waals surface area contributed by atoms with E-state index in [9.17, 15) is 29.1 Å². The molecule has 2 aliphatic rings. The van der Waals surface area contributed by atoms with Crippen molar-refractivity contribution in [2.75, 3.05) is 32.1 Å². The number of carboxylic acids is 1. The molecule has 2 fully saturated rings. The number of ketones is 1. The van der Waals surface area contributed by atoms with Gasteiger partial charge in [-0.3, -0.25) is 14.4 Å². The van der Waals surface area contributed by atoms with Crippen molar-refractivity contribution in [3.63, 3.8) is 0 Å². The lowest BCUT2D eigenvalue weighted by molar-refractivity contribution is -0.145. The molecule has 1 heterocycles. The van der Waals surface area contributed by atoms with Gasteiger partial charge >= 0.3 is 12.0 Å². The van der Waals surface area contributed by atoms with E-state index in [0.717, 1.165) is 31.4 Å². The first-order valence-corrected chi connectivity index (χ1v) is 15.8. The van der Waals surface area contributed by atoms with E-state index in [1.54, 1.807) is 12.1 Å². The van der Waals surface area contributed by atoms with Crippen molar-refractivity contribution in [3.8, 4) is 0 Å². The number of urea groups is 1. The highest BCUT2D eigenvalue weighted by Gasteiger charge is 2.61. The molecule has 1 saturated carbocycles. The van der Waals surface area contributed by atoms with E-state index < -0.39 is 41.4 Å². The summed E-state index contributed by atoms with van der Waals surface area (Å²) >= 11 is 0. The topological polar surface area (TPSA) is 148 Å². The van der Waals surface area contributed by atoms with Crippen LogP contribution >= 0.6 is 0 Å². The molecule has 0 spiro atoms. The maximum Gasteiger partial charge on any atom is 0.330 e. The summed E-state index contributed by atoms with van der Waals surface area (Å²) < 4.78 is 0. The Morgan fingerprint density at radius 3 is 2.41 bits per heavy atom. The number of hydrogen-bond donors (Lipinski definition) is 4. The Kier molecular flexibility index (Phi) is 12.4. The molecule has 1 aromatic rings. The van der Waals surface area contributed by atoms with Crippen molar-refractivity contribution in [3.05, 3.63) is 42.0 Å². The molecule has 1 aliphatic carbocycles. The van der Waals surface area contributed by atoms with Crippen molar-refractivity contribution in [1.82, 2.24) is 20.9 Å². The number of carboxylic acid groups (broad SMARTS) is 1. The number of carbonyl (C=O) groups is 5. The van der Waals surface area contributed by atoms with Gasteiger partial charge in [0, 0.05) is 37.8 Å². The molecular weight excluding hydrogens is 562 g/mol. The minimum atomic E-state index is -1.35. The van der Waals surface area contributed by atoms with Crippen LogP contribution in [0.1, 0.15) is 82.5 Å². The highest BCUT2D eigenvalue weighted by atomic mass is 16.4. The van der Waals surface area contributed by atoms with Gasteiger partial charge < -0.3 is 30.9 Å². The molecular formula is C33H49N5O6. The Labute approximate surface area is 260 Å². The van der Waals surface area contributed by atoms with Crippen LogP contribution in [0.25, 0.3) is 0 Å². The van der Waals surface area contributed by atoms with Gasteiger partial charge in [0.25, 0.3) is 0 Å². The second-order valence-corrected chi connectivity index (χ2v) is 12.5. The highest BCUT2D eigenvalue weighted by molar-refractivity contribution is 6.02. The number of carbonyl (C=O) groups excluding carboxylic acids is 4. The molecule has 44 heavy (non-hydrogen) atoms. The number of Topliss-reactive ketones (excluding diaryl/α,β-unsaturated/α-hetero) is 1. The molecule has 4 N–H and O–H groups in total. The molecule has 242 valence electrons. The second-order valence-electron chi connectivity index (χ2n) is 12.5. The van der Waals surface area contributed by atoms with Crippen LogP contribution in [-0.2, 0) is 14.4 Å². The first-order chi connectivity index (χ1) is 20.9. The van der Waals surface area contributed by atoms with Gasteiger partial charge in [0.05, 0.1) is 12.6 Å². The lowest BCUT2D eigenvalue weighted by Gasteiger charge is -2.26. The largest absolute Gasteiger partial charge is 0.479 e. The van der Waals surface area contributed by atoms with Crippen LogP contribution in [0.5, 0.6) is 0 Å². The molecule has 3 rings (SSSR count). The van der Waals surface area contributed by atoms with Gasteiger partial charge in [0.1, 0.15) is 11.6 Å². The molecule has 4 atom stereocenters. The van der Waals surface area contributed by atoms with E-state index >= 15 is 0 Å². The van der Waals surface area contributed by atoms with E-state index in [1.807, 2.05) is 57.1 Å². The maximum absolute atomic E-state index is 13.2. The molecule has 0 bridgehead atoms. The Hall–Kier alpha value is -3.89. The average Bonchev–Trinajstić information content (AvgIpc) is 3.45. The molecule has 1 aliphatic heterocycles. The van der Waals surface area contributed by atoms with Crippen LogP contribution in [0.4, 0.5) is 10.5 Å². The first kappa shape index (κ1) is 34.6. The van der Waals surface area contributed by atoms with E-state index in [1.165, 1.54) is 11.3 Å². The van der Waals surface area contributed by atoms with Gasteiger partial charge in [-0.25, -0.2) is 9.59 Å². The Bertz CT molecular complexity index is 1210. The third kappa shape index (κ3) is 8.83. The monoisotopic (exact) mass is 611 g/mol. The molecule has 0 aromatic heterocycles. The summed E-state index contributed by atoms with van der Waals surface area (Å²) in [6.07, 6.45) is 10.6. The van der Waals surface area contributed by atoms with Crippen LogP contribution in [-0.4, -0.2) is 84.4 Å². The quantitative estimate of drug-likeness (QED) is 0.126. The third-order valence-corrected chi connectivity index (χ3v) is 8.52. The van der Waals surface area contributed by atoms with Gasteiger partial charge in [-0.2, -0.15) is 0 Å². The van der Waals surface area contributed by atoms with Crippen molar-refractivity contribution in [1.29, 1.82) is 0 Å². The fraction of sp³-hybridized carbons (Fsp3) is 0.606. The van der Waals surface area contributed by atoms with Crippen molar-refractivity contribution in [2.24, 2.45) is 11.8 Å². The van der Waals surface area contributed by atoms with Crippen molar-refractivity contribution >= 4 is 35.3 Å². The first-order valence-electron chi connectivity index (χ1n) is 15.8. The normalized spacial score (nSPS) is 21.6. The molecule has 11 heteroatoms. The summed E-state index contributed by atoms with van der Waals surface area (Å²) in [6.45, 7) is 5.77. The lowest BCUT2D eigenvalue weighted by Crippen LogP contribution is -2.55. The summed E-state index contributed by atoms with van der Waals surface area (Å²) in [5.74, 6) is -2.74. The zero-order valence-electron chi connectivity index (χ0n) is 26.7. The fourth-order valence-corrected chi connectivity index (χ4v) is 5.64. The predicted molar refractivity (Wildman–Crippen MR) is 170 cm³/mol. The molecule has 11 nitrogen and oxygen atoms in total. The van der Waals surface area contributed by atoms with Gasteiger partial charge in [0.15, 0.2) is 5.78 Å². The Balaban J connectivity index is 1.53.